The van der Waals surface area contributed by atoms with Gasteiger partial charge in [-0.05, 0) is 35.7 Å². The van der Waals surface area contributed by atoms with Crippen LogP contribution in [0.25, 0.3) is 0 Å². The van der Waals surface area contributed by atoms with Gasteiger partial charge in [0.25, 0.3) is 5.69 Å². The first-order valence-electron chi connectivity index (χ1n) is 10.1. The van der Waals surface area contributed by atoms with Gasteiger partial charge in [0.1, 0.15) is 12.0 Å². The average Bonchev–Trinajstić information content (AvgIpc) is 3.13. The first-order chi connectivity index (χ1) is 15.8. The fraction of sp³-hybridized carbons (Fsp3) is 0.125. The standard InChI is InChI=1S/C24H20N4O5/c25-19(24(30)31)12-14-6-8-16(9-7-14)26-22(15-4-2-1-3-5-15)21-18-13-17(28(32)33)10-11-20(18)27-23(21)29/h1-11,13,19,21H,12,25H2,(H,27,29)(H,30,31). The lowest BCUT2D eigenvalue weighted by atomic mass is 9.90. The summed E-state index contributed by atoms with van der Waals surface area (Å²) >= 11 is 0. The van der Waals surface area contributed by atoms with E-state index in [1.807, 2.05) is 30.3 Å². The second-order valence-electron chi connectivity index (χ2n) is 7.63. The van der Waals surface area contributed by atoms with Gasteiger partial charge in [-0.2, -0.15) is 0 Å². The largest absolute Gasteiger partial charge is 0.480 e. The molecule has 0 bridgehead atoms. The summed E-state index contributed by atoms with van der Waals surface area (Å²) < 4.78 is 0. The smallest absolute Gasteiger partial charge is 0.320 e. The lowest BCUT2D eigenvalue weighted by Crippen LogP contribution is -2.32. The number of aliphatic imine (C=N–C) groups is 1. The molecular weight excluding hydrogens is 424 g/mol. The van der Waals surface area contributed by atoms with Crippen molar-refractivity contribution in [1.82, 2.24) is 0 Å². The Labute approximate surface area is 188 Å². The van der Waals surface area contributed by atoms with Crippen LogP contribution in [0.3, 0.4) is 0 Å². The van der Waals surface area contributed by atoms with Crippen molar-refractivity contribution in [1.29, 1.82) is 0 Å². The maximum Gasteiger partial charge on any atom is 0.320 e. The number of nitrogens with zero attached hydrogens (tertiary/aromatic N) is 2. The summed E-state index contributed by atoms with van der Waals surface area (Å²) in [6.07, 6.45) is 0.174. The van der Waals surface area contributed by atoms with Crippen LogP contribution in [-0.4, -0.2) is 33.7 Å². The Morgan fingerprint density at radius 2 is 1.82 bits per heavy atom. The second kappa shape index (κ2) is 9.01. The highest BCUT2D eigenvalue weighted by Crippen LogP contribution is 2.38. The van der Waals surface area contributed by atoms with Crippen LogP contribution in [0.2, 0.25) is 0 Å². The number of benzene rings is 3. The van der Waals surface area contributed by atoms with Crippen molar-refractivity contribution >= 4 is 34.7 Å². The van der Waals surface area contributed by atoms with Gasteiger partial charge < -0.3 is 16.2 Å². The van der Waals surface area contributed by atoms with Crippen LogP contribution in [0.1, 0.15) is 22.6 Å². The fourth-order valence-electron chi connectivity index (χ4n) is 3.73. The van der Waals surface area contributed by atoms with E-state index in [1.54, 1.807) is 24.3 Å². The first-order valence-corrected chi connectivity index (χ1v) is 10.1. The molecule has 0 saturated heterocycles. The molecule has 0 saturated carbocycles. The summed E-state index contributed by atoms with van der Waals surface area (Å²) in [6, 6.07) is 19.3. The highest BCUT2D eigenvalue weighted by atomic mass is 16.6. The molecule has 1 aliphatic heterocycles. The van der Waals surface area contributed by atoms with Gasteiger partial charge in [0, 0.05) is 23.4 Å². The van der Waals surface area contributed by atoms with Gasteiger partial charge in [-0.3, -0.25) is 24.7 Å². The number of non-ortho nitro benzene ring substituents is 1. The average molecular weight is 444 g/mol. The molecule has 0 radical (unpaired) electrons. The van der Waals surface area contributed by atoms with Crippen LogP contribution in [0, 0.1) is 10.1 Å². The minimum atomic E-state index is -1.08. The van der Waals surface area contributed by atoms with E-state index in [9.17, 15) is 19.7 Å². The van der Waals surface area contributed by atoms with Crippen molar-refractivity contribution < 1.29 is 19.6 Å². The molecule has 1 heterocycles. The third-order valence-corrected chi connectivity index (χ3v) is 5.38. The number of nitro groups is 1. The lowest BCUT2D eigenvalue weighted by molar-refractivity contribution is -0.384. The summed E-state index contributed by atoms with van der Waals surface area (Å²) in [4.78, 5) is 39.4. The number of amides is 1. The molecule has 1 amide bonds. The number of nitrogens with two attached hydrogens (primary N) is 1. The highest BCUT2D eigenvalue weighted by Gasteiger charge is 2.36. The van der Waals surface area contributed by atoms with Gasteiger partial charge in [-0.15, -0.1) is 0 Å². The molecule has 0 aromatic heterocycles. The molecule has 9 heteroatoms. The van der Waals surface area contributed by atoms with Gasteiger partial charge in [-0.25, -0.2) is 0 Å². The molecule has 33 heavy (non-hydrogen) atoms. The van der Waals surface area contributed by atoms with Gasteiger partial charge in [-0.1, -0.05) is 42.5 Å². The first kappa shape index (κ1) is 21.8. The maximum atomic E-state index is 12.9. The summed E-state index contributed by atoms with van der Waals surface area (Å²) in [5.74, 6) is -2.23. The summed E-state index contributed by atoms with van der Waals surface area (Å²) in [5.41, 5.74) is 8.93. The topological polar surface area (TPSA) is 148 Å². The molecule has 2 atom stereocenters. The molecule has 3 aromatic carbocycles. The van der Waals surface area contributed by atoms with E-state index >= 15 is 0 Å². The van der Waals surface area contributed by atoms with Crippen LogP contribution >= 0.6 is 0 Å². The Bertz CT molecular complexity index is 1260. The van der Waals surface area contributed by atoms with Gasteiger partial charge >= 0.3 is 5.97 Å². The number of aliphatic carboxylic acids is 1. The second-order valence-corrected chi connectivity index (χ2v) is 7.63. The number of nitro benzene ring substituents is 1. The van der Waals surface area contributed by atoms with E-state index in [1.165, 1.54) is 18.2 Å². The van der Waals surface area contributed by atoms with E-state index in [4.69, 9.17) is 15.8 Å². The number of nitrogens with one attached hydrogen (secondary N) is 1. The quantitative estimate of drug-likeness (QED) is 0.289. The predicted molar refractivity (Wildman–Crippen MR) is 123 cm³/mol. The van der Waals surface area contributed by atoms with Gasteiger partial charge in [0.05, 0.1) is 16.3 Å². The lowest BCUT2D eigenvalue weighted by Gasteiger charge is -2.14. The molecule has 4 N–H and O–H groups in total. The van der Waals surface area contributed by atoms with Crippen molar-refractivity contribution in [3.63, 3.8) is 0 Å². The summed E-state index contributed by atoms with van der Waals surface area (Å²) in [6.45, 7) is 0. The number of carbonyl (C=O) groups excluding carboxylic acids is 1. The number of carboxylic acid groups (broad SMARTS) is 1. The minimum Gasteiger partial charge on any atom is -0.480 e. The van der Waals surface area contributed by atoms with Crippen molar-refractivity contribution in [3.05, 3.63) is 99.6 Å². The third kappa shape index (κ3) is 4.63. The van der Waals surface area contributed by atoms with Crippen molar-refractivity contribution in [2.24, 2.45) is 10.7 Å². The molecule has 1 aliphatic rings. The Morgan fingerprint density at radius 3 is 2.45 bits per heavy atom. The summed E-state index contributed by atoms with van der Waals surface area (Å²) in [7, 11) is 0. The van der Waals surface area contributed by atoms with E-state index in [2.05, 4.69) is 5.32 Å². The number of hydrogen-bond acceptors (Lipinski definition) is 6. The normalized spacial score (nSPS) is 16.1. The predicted octanol–water partition coefficient (Wildman–Crippen LogP) is 3.41. The fourth-order valence-corrected chi connectivity index (χ4v) is 3.73. The van der Waals surface area contributed by atoms with E-state index in [-0.39, 0.29) is 18.0 Å². The molecule has 166 valence electrons. The van der Waals surface area contributed by atoms with Crippen LogP contribution in [0.5, 0.6) is 0 Å². The monoisotopic (exact) mass is 444 g/mol. The van der Waals surface area contributed by atoms with Crippen molar-refractivity contribution in [2.45, 2.75) is 18.4 Å². The van der Waals surface area contributed by atoms with Crippen LogP contribution in [-0.2, 0) is 16.0 Å². The Hall–Kier alpha value is -4.37. The molecule has 3 aromatic rings. The van der Waals surface area contributed by atoms with Gasteiger partial charge in [0.15, 0.2) is 0 Å². The molecular formula is C24H20N4O5. The Balaban J connectivity index is 1.76. The number of hydrogen-bond donors (Lipinski definition) is 3. The molecule has 0 spiro atoms. The number of fused-ring (bicyclic) bond motifs is 1. The molecule has 0 fully saturated rings. The van der Waals surface area contributed by atoms with Crippen molar-refractivity contribution in [3.8, 4) is 0 Å². The third-order valence-electron chi connectivity index (χ3n) is 5.38. The number of carboxylic acids is 1. The minimum absolute atomic E-state index is 0.109. The summed E-state index contributed by atoms with van der Waals surface area (Å²) in [5, 5.41) is 23.1. The molecule has 2 unspecified atom stereocenters. The Morgan fingerprint density at radius 1 is 1.12 bits per heavy atom. The SMILES string of the molecule is NC(Cc1ccc(N=C(c2ccccc2)C2C(=O)Nc3ccc([N+](=O)[O-])cc32)cc1)C(=O)O. The molecule has 4 rings (SSSR count). The van der Waals surface area contributed by atoms with E-state index < -0.39 is 22.9 Å². The zero-order chi connectivity index (χ0) is 23.5. The number of anilines is 1. The van der Waals surface area contributed by atoms with Gasteiger partial charge in [0.2, 0.25) is 5.91 Å². The van der Waals surface area contributed by atoms with E-state index in [0.717, 1.165) is 5.56 Å². The molecule has 9 nitrogen and oxygen atoms in total. The number of rotatable bonds is 7. The van der Waals surface area contributed by atoms with Crippen molar-refractivity contribution in [2.75, 3.05) is 5.32 Å². The van der Waals surface area contributed by atoms with Crippen LogP contribution < -0.4 is 11.1 Å². The highest BCUT2D eigenvalue weighted by molar-refractivity contribution is 6.24. The van der Waals surface area contributed by atoms with Crippen LogP contribution in [0.15, 0.2) is 77.8 Å². The zero-order valence-corrected chi connectivity index (χ0v) is 17.3. The van der Waals surface area contributed by atoms with Crippen LogP contribution in [0.4, 0.5) is 17.1 Å². The van der Waals surface area contributed by atoms with E-state index in [0.29, 0.717) is 28.2 Å². The zero-order valence-electron chi connectivity index (χ0n) is 17.3. The molecule has 0 aliphatic carbocycles. The number of carbonyl (C=O) groups is 2. The Kier molecular flexibility index (Phi) is 5.97. The maximum absolute atomic E-state index is 12.9.